The molecule has 0 aliphatic heterocycles. The first kappa shape index (κ1) is 12.2. The molecule has 1 amide bonds. The van der Waals surface area contributed by atoms with Gasteiger partial charge in [0.2, 0.25) is 0 Å². The number of amides is 1. The first-order chi connectivity index (χ1) is 8.58. The van der Waals surface area contributed by atoms with Gasteiger partial charge in [-0.15, -0.1) is 0 Å². The zero-order chi connectivity index (χ0) is 13.1. The lowest BCUT2D eigenvalue weighted by Crippen LogP contribution is -2.24. The van der Waals surface area contributed by atoms with E-state index in [1.54, 1.807) is 19.1 Å². The lowest BCUT2D eigenvalue weighted by Gasteiger charge is -2.08. The van der Waals surface area contributed by atoms with E-state index in [1.165, 1.54) is 0 Å². The van der Waals surface area contributed by atoms with Crippen molar-refractivity contribution in [2.24, 2.45) is 0 Å². The topological polar surface area (TPSA) is 81.2 Å². The molecule has 94 valence electrons. The molecule has 0 saturated carbocycles. The van der Waals surface area contributed by atoms with Crippen molar-refractivity contribution in [1.82, 2.24) is 10.5 Å². The Bertz CT molecular complexity index is 555. The van der Waals surface area contributed by atoms with Crippen LogP contribution in [0.15, 0.2) is 28.8 Å². The Balaban J connectivity index is 2.08. The summed E-state index contributed by atoms with van der Waals surface area (Å²) in [4.78, 5) is 12.0. The Morgan fingerprint density at radius 1 is 1.44 bits per heavy atom. The highest BCUT2D eigenvalue weighted by Crippen LogP contribution is 2.16. The van der Waals surface area contributed by atoms with Gasteiger partial charge in [-0.05, 0) is 25.5 Å². The summed E-state index contributed by atoms with van der Waals surface area (Å²) in [6.07, 6.45) is 0. The van der Waals surface area contributed by atoms with E-state index in [2.05, 4.69) is 10.5 Å². The number of carbonyl (C=O) groups excluding carboxylic acids is 1. The van der Waals surface area contributed by atoms with Crippen LogP contribution < -0.4 is 11.1 Å². The van der Waals surface area contributed by atoms with E-state index in [4.69, 9.17) is 10.3 Å². The number of nitrogens with two attached hydrogens (primary N) is 1. The molecule has 1 heterocycles. The fourth-order valence-electron chi connectivity index (χ4n) is 1.76. The van der Waals surface area contributed by atoms with E-state index < -0.39 is 0 Å². The summed E-state index contributed by atoms with van der Waals surface area (Å²) in [6.45, 7) is 3.98. The fourth-order valence-corrected chi connectivity index (χ4v) is 1.76. The number of hydrogen-bond acceptors (Lipinski definition) is 4. The molecule has 18 heavy (non-hydrogen) atoms. The van der Waals surface area contributed by atoms with Crippen molar-refractivity contribution in [2.45, 2.75) is 20.4 Å². The largest absolute Gasteiger partial charge is 0.398 e. The van der Waals surface area contributed by atoms with Crippen molar-refractivity contribution in [3.8, 4) is 0 Å². The number of nitrogens with zero attached hydrogens (tertiary/aromatic N) is 1. The molecule has 0 unspecified atom stereocenters. The number of hydrogen-bond donors (Lipinski definition) is 2. The number of anilines is 1. The Labute approximate surface area is 105 Å². The smallest absolute Gasteiger partial charge is 0.253 e. The molecule has 0 aliphatic carbocycles. The predicted molar refractivity (Wildman–Crippen MR) is 68.0 cm³/mol. The lowest BCUT2D eigenvalue weighted by molar-refractivity contribution is 0.0950. The summed E-state index contributed by atoms with van der Waals surface area (Å²) in [7, 11) is 0. The fraction of sp³-hybridized carbons (Fsp3) is 0.231. The molecule has 2 aromatic rings. The number of aryl methyl sites for hydroxylation is 2. The van der Waals surface area contributed by atoms with E-state index in [0.717, 1.165) is 11.3 Å². The molecule has 0 bridgehead atoms. The molecule has 0 saturated heterocycles. The van der Waals surface area contributed by atoms with Gasteiger partial charge in [0.1, 0.15) is 11.5 Å². The molecular weight excluding hydrogens is 230 g/mol. The molecule has 1 aromatic carbocycles. The number of nitrogen functional groups attached to an aromatic ring is 1. The summed E-state index contributed by atoms with van der Waals surface area (Å²) >= 11 is 0. The molecule has 2 rings (SSSR count). The summed E-state index contributed by atoms with van der Waals surface area (Å²) in [5.41, 5.74) is 8.33. The van der Waals surface area contributed by atoms with Gasteiger partial charge in [-0.3, -0.25) is 4.79 Å². The molecule has 5 nitrogen and oxygen atoms in total. The van der Waals surface area contributed by atoms with Crippen molar-refractivity contribution in [1.29, 1.82) is 0 Å². The Morgan fingerprint density at radius 3 is 2.83 bits per heavy atom. The molecule has 0 radical (unpaired) electrons. The predicted octanol–water partition coefficient (Wildman–Crippen LogP) is 1.80. The second kappa shape index (κ2) is 4.91. The first-order valence-corrected chi connectivity index (χ1v) is 5.63. The highest BCUT2D eigenvalue weighted by atomic mass is 16.5. The summed E-state index contributed by atoms with van der Waals surface area (Å²) in [5, 5.41) is 6.57. The number of nitrogens with one attached hydrogen (secondary N) is 1. The average molecular weight is 245 g/mol. The van der Waals surface area contributed by atoms with E-state index in [0.29, 0.717) is 23.5 Å². The van der Waals surface area contributed by atoms with Gasteiger partial charge >= 0.3 is 0 Å². The molecule has 3 N–H and O–H groups in total. The van der Waals surface area contributed by atoms with Gasteiger partial charge in [-0.25, -0.2) is 0 Å². The molecular formula is C13H15N3O2. The second-order valence-corrected chi connectivity index (χ2v) is 4.15. The molecule has 5 heteroatoms. The summed E-state index contributed by atoms with van der Waals surface area (Å²) < 4.78 is 4.92. The highest BCUT2D eigenvalue weighted by Gasteiger charge is 2.12. The van der Waals surface area contributed by atoms with Crippen LogP contribution in [0.1, 0.15) is 27.4 Å². The number of benzene rings is 1. The van der Waals surface area contributed by atoms with E-state index in [-0.39, 0.29) is 5.91 Å². The van der Waals surface area contributed by atoms with Crippen molar-refractivity contribution >= 4 is 11.6 Å². The molecule has 0 aliphatic rings. The molecule has 0 atom stereocenters. The zero-order valence-electron chi connectivity index (χ0n) is 10.4. The normalized spacial score (nSPS) is 10.3. The van der Waals surface area contributed by atoms with Gasteiger partial charge in [0.25, 0.3) is 5.91 Å². The second-order valence-electron chi connectivity index (χ2n) is 4.15. The first-order valence-electron chi connectivity index (χ1n) is 5.63. The number of rotatable bonds is 3. The van der Waals surface area contributed by atoms with Crippen LogP contribution in [-0.2, 0) is 6.54 Å². The third kappa shape index (κ3) is 2.51. The van der Waals surface area contributed by atoms with Crippen molar-refractivity contribution in [3.63, 3.8) is 0 Å². The molecule has 0 fully saturated rings. The third-order valence-corrected chi connectivity index (χ3v) is 2.64. The van der Waals surface area contributed by atoms with Crippen molar-refractivity contribution in [2.75, 3.05) is 5.73 Å². The van der Waals surface area contributed by atoms with Crippen molar-refractivity contribution in [3.05, 3.63) is 46.8 Å². The van der Waals surface area contributed by atoms with Gasteiger partial charge in [-0.1, -0.05) is 17.3 Å². The Hall–Kier alpha value is -2.30. The average Bonchev–Trinajstić information content (AvgIpc) is 2.72. The van der Waals surface area contributed by atoms with Crippen LogP contribution in [0.25, 0.3) is 0 Å². The Morgan fingerprint density at radius 2 is 2.22 bits per heavy atom. The van der Waals surface area contributed by atoms with Gasteiger partial charge in [0.05, 0.1) is 12.1 Å². The van der Waals surface area contributed by atoms with Crippen LogP contribution in [0.3, 0.4) is 0 Å². The van der Waals surface area contributed by atoms with Crippen LogP contribution >= 0.6 is 0 Å². The van der Waals surface area contributed by atoms with Gasteiger partial charge in [0.15, 0.2) is 0 Å². The summed E-state index contributed by atoms with van der Waals surface area (Å²) in [6, 6.07) is 7.16. The lowest BCUT2D eigenvalue weighted by atomic mass is 10.1. The minimum Gasteiger partial charge on any atom is -0.398 e. The van der Waals surface area contributed by atoms with Crippen LogP contribution in [-0.4, -0.2) is 11.1 Å². The maximum Gasteiger partial charge on any atom is 0.253 e. The SMILES string of the molecule is Cc1cc(CNC(=O)c2c(C)cccc2N)no1. The standard InChI is InChI=1S/C13H15N3O2/c1-8-4-3-5-11(14)12(8)13(17)15-7-10-6-9(2)18-16-10/h3-6H,7,14H2,1-2H3,(H,15,17). The minimum absolute atomic E-state index is 0.203. The van der Waals surface area contributed by atoms with Gasteiger partial charge < -0.3 is 15.6 Å². The van der Waals surface area contributed by atoms with Gasteiger partial charge in [-0.2, -0.15) is 0 Å². The molecule has 1 aromatic heterocycles. The molecule has 0 spiro atoms. The van der Waals surface area contributed by atoms with E-state index in [9.17, 15) is 4.79 Å². The minimum atomic E-state index is -0.203. The van der Waals surface area contributed by atoms with Crippen LogP contribution in [0, 0.1) is 13.8 Å². The monoisotopic (exact) mass is 245 g/mol. The van der Waals surface area contributed by atoms with E-state index in [1.807, 2.05) is 19.1 Å². The maximum absolute atomic E-state index is 12.0. The maximum atomic E-state index is 12.0. The quantitative estimate of drug-likeness (QED) is 0.808. The third-order valence-electron chi connectivity index (χ3n) is 2.64. The highest BCUT2D eigenvalue weighted by molar-refractivity contribution is 6.00. The van der Waals surface area contributed by atoms with E-state index >= 15 is 0 Å². The Kier molecular flexibility index (Phi) is 3.32. The summed E-state index contributed by atoms with van der Waals surface area (Å²) in [5.74, 6) is 0.515. The van der Waals surface area contributed by atoms with Crippen LogP contribution in [0.2, 0.25) is 0 Å². The van der Waals surface area contributed by atoms with Crippen LogP contribution in [0.5, 0.6) is 0 Å². The number of carbonyl (C=O) groups is 1. The van der Waals surface area contributed by atoms with Gasteiger partial charge in [0, 0.05) is 11.8 Å². The number of aromatic nitrogens is 1. The van der Waals surface area contributed by atoms with Crippen LogP contribution in [0.4, 0.5) is 5.69 Å². The zero-order valence-corrected chi connectivity index (χ0v) is 10.4. The van der Waals surface area contributed by atoms with Crippen molar-refractivity contribution < 1.29 is 9.32 Å².